The van der Waals surface area contributed by atoms with Crippen molar-refractivity contribution in [2.75, 3.05) is 0 Å². The van der Waals surface area contributed by atoms with Crippen molar-refractivity contribution < 1.29 is 9.53 Å². The van der Waals surface area contributed by atoms with E-state index in [1.807, 2.05) is 18.2 Å². The molecule has 1 amide bonds. The average molecular weight is 393 g/mol. The van der Waals surface area contributed by atoms with Gasteiger partial charge in [-0.15, -0.1) is 5.10 Å². The van der Waals surface area contributed by atoms with E-state index in [4.69, 9.17) is 22.1 Å². The van der Waals surface area contributed by atoms with Gasteiger partial charge in [-0.3, -0.25) is 4.79 Å². The topological polar surface area (TPSA) is 83.0 Å². The fourth-order valence-electron chi connectivity index (χ4n) is 2.96. The van der Waals surface area contributed by atoms with Crippen molar-refractivity contribution in [3.05, 3.63) is 35.1 Å². The number of aryl methyl sites for hydroxylation is 1. The molecule has 2 aromatic rings. The molecule has 2 N–H and O–H groups in total. The molecule has 148 valence electrons. The van der Waals surface area contributed by atoms with E-state index in [2.05, 4.69) is 30.9 Å². The Balaban J connectivity index is 2.01. The van der Waals surface area contributed by atoms with Crippen LogP contribution in [-0.4, -0.2) is 26.8 Å². The summed E-state index contributed by atoms with van der Waals surface area (Å²) < 4.78 is 7.68. The van der Waals surface area contributed by atoms with Crippen LogP contribution in [0.2, 0.25) is 5.02 Å². The van der Waals surface area contributed by atoms with Gasteiger partial charge in [-0.2, -0.15) is 4.98 Å². The number of rotatable bonds is 11. The smallest absolute Gasteiger partial charge is 0.336 e. The molecule has 0 aliphatic rings. The maximum absolute atomic E-state index is 10.9. The zero-order chi connectivity index (χ0) is 19.8. The number of amides is 1. The number of halogens is 1. The summed E-state index contributed by atoms with van der Waals surface area (Å²) in [5.41, 5.74) is 7.15. The minimum Gasteiger partial charge on any atom is -0.459 e. The van der Waals surface area contributed by atoms with Gasteiger partial charge >= 0.3 is 6.01 Å². The maximum atomic E-state index is 10.9. The third kappa shape index (κ3) is 6.86. The van der Waals surface area contributed by atoms with Crippen molar-refractivity contribution in [1.82, 2.24) is 14.8 Å². The fourth-order valence-corrected chi connectivity index (χ4v) is 3.27. The van der Waals surface area contributed by atoms with Gasteiger partial charge in [0, 0.05) is 11.4 Å². The van der Waals surface area contributed by atoms with Crippen molar-refractivity contribution in [3.8, 4) is 11.7 Å². The average Bonchev–Trinajstić information content (AvgIpc) is 3.06. The van der Waals surface area contributed by atoms with Gasteiger partial charge in [0.05, 0.1) is 5.69 Å². The third-order valence-electron chi connectivity index (χ3n) is 4.36. The Bertz CT molecular complexity index is 745. The lowest BCUT2D eigenvalue weighted by atomic mass is 10.0. The number of unbranched alkanes of at least 4 members (excludes halogenated alkanes) is 1. The van der Waals surface area contributed by atoms with Gasteiger partial charge < -0.3 is 10.5 Å². The van der Waals surface area contributed by atoms with Crippen LogP contribution in [-0.2, 0) is 11.2 Å². The minimum atomic E-state index is -0.260. The lowest BCUT2D eigenvalue weighted by Crippen LogP contribution is -2.20. The summed E-state index contributed by atoms with van der Waals surface area (Å²) in [6.07, 6.45) is 6.35. The molecule has 6 nitrogen and oxygen atoms in total. The molecular weight excluding hydrogens is 364 g/mol. The van der Waals surface area contributed by atoms with E-state index < -0.39 is 0 Å². The highest BCUT2D eigenvalue weighted by Gasteiger charge is 2.16. The number of aromatic nitrogens is 3. The molecule has 1 unspecified atom stereocenters. The van der Waals surface area contributed by atoms with Crippen molar-refractivity contribution in [2.45, 2.75) is 65.4 Å². The fraction of sp³-hybridized carbons (Fsp3) is 0.550. The summed E-state index contributed by atoms with van der Waals surface area (Å²) in [5, 5.41) is 5.15. The molecule has 1 aromatic carbocycles. The molecule has 0 saturated carbocycles. The summed E-state index contributed by atoms with van der Waals surface area (Å²) in [7, 11) is 0. The van der Waals surface area contributed by atoms with Crippen LogP contribution in [0.3, 0.4) is 0 Å². The number of hydrogen-bond donors (Lipinski definition) is 1. The largest absolute Gasteiger partial charge is 0.459 e. The van der Waals surface area contributed by atoms with Crippen LogP contribution < -0.4 is 10.5 Å². The summed E-state index contributed by atoms with van der Waals surface area (Å²) in [6.45, 7) is 6.38. The standard InChI is InChI=1S/C20H29ClN4O2/c1-4-15-9-10-16(12-18(15)21)25-13-23-20(24-25)27-17(11-14(2)3)7-5-6-8-19(22)26/h9-10,12-14,17H,4-8,11H2,1-3H3,(H2,22,26). The van der Waals surface area contributed by atoms with Crippen molar-refractivity contribution in [1.29, 1.82) is 0 Å². The number of ether oxygens (including phenoxy) is 1. The predicted molar refractivity (Wildman–Crippen MR) is 107 cm³/mol. The summed E-state index contributed by atoms with van der Waals surface area (Å²) in [6, 6.07) is 6.21. The molecule has 0 aliphatic heterocycles. The number of benzene rings is 1. The second-order valence-electron chi connectivity index (χ2n) is 7.18. The zero-order valence-corrected chi connectivity index (χ0v) is 17.1. The van der Waals surface area contributed by atoms with Gasteiger partial charge in [0.2, 0.25) is 5.91 Å². The molecule has 7 heteroatoms. The number of carbonyl (C=O) groups excluding carboxylic acids is 1. The maximum Gasteiger partial charge on any atom is 0.336 e. The Labute approximate surface area is 166 Å². The molecule has 0 bridgehead atoms. The summed E-state index contributed by atoms with van der Waals surface area (Å²) in [4.78, 5) is 15.2. The van der Waals surface area contributed by atoms with Gasteiger partial charge in [0.1, 0.15) is 12.4 Å². The van der Waals surface area contributed by atoms with Gasteiger partial charge in [-0.25, -0.2) is 4.68 Å². The predicted octanol–water partition coefficient (Wildman–Crippen LogP) is 4.32. The van der Waals surface area contributed by atoms with E-state index in [1.54, 1.807) is 11.0 Å². The van der Waals surface area contributed by atoms with Gasteiger partial charge in [-0.1, -0.05) is 38.4 Å². The van der Waals surface area contributed by atoms with Crippen LogP contribution in [0, 0.1) is 5.92 Å². The highest BCUT2D eigenvalue weighted by atomic mass is 35.5. The molecule has 1 heterocycles. The monoisotopic (exact) mass is 392 g/mol. The molecule has 1 aromatic heterocycles. The molecule has 1 atom stereocenters. The molecule has 0 saturated heterocycles. The first kappa shape index (κ1) is 21.2. The van der Waals surface area contributed by atoms with Crippen LogP contribution in [0.1, 0.15) is 58.4 Å². The molecule has 0 fully saturated rings. The number of hydrogen-bond acceptors (Lipinski definition) is 4. The quantitative estimate of drug-likeness (QED) is 0.577. The third-order valence-corrected chi connectivity index (χ3v) is 4.71. The molecule has 0 spiro atoms. The van der Waals surface area contributed by atoms with Crippen molar-refractivity contribution in [3.63, 3.8) is 0 Å². The summed E-state index contributed by atoms with van der Waals surface area (Å²) in [5.74, 6) is 0.234. The van der Waals surface area contributed by atoms with E-state index in [-0.39, 0.29) is 12.0 Å². The number of nitrogens with zero attached hydrogens (tertiary/aromatic N) is 3. The first-order valence-corrected chi connectivity index (χ1v) is 9.92. The van der Waals surface area contributed by atoms with E-state index in [0.29, 0.717) is 18.3 Å². The van der Waals surface area contributed by atoms with E-state index in [0.717, 1.165) is 48.4 Å². The first-order valence-electron chi connectivity index (χ1n) is 9.54. The lowest BCUT2D eigenvalue weighted by Gasteiger charge is -2.18. The number of primary amides is 1. The Morgan fingerprint density at radius 2 is 2.11 bits per heavy atom. The Kier molecular flexibility index (Phi) is 8.10. The van der Waals surface area contributed by atoms with Crippen molar-refractivity contribution in [2.24, 2.45) is 11.7 Å². The van der Waals surface area contributed by atoms with Crippen LogP contribution in [0.25, 0.3) is 5.69 Å². The van der Waals surface area contributed by atoms with E-state index in [9.17, 15) is 4.79 Å². The first-order chi connectivity index (χ1) is 12.9. The molecule has 0 aliphatic carbocycles. The normalized spacial score (nSPS) is 12.3. The van der Waals surface area contributed by atoms with Crippen LogP contribution in [0.15, 0.2) is 24.5 Å². The second kappa shape index (κ2) is 10.3. The van der Waals surface area contributed by atoms with Gasteiger partial charge in [-0.05, 0) is 55.7 Å². The highest BCUT2D eigenvalue weighted by Crippen LogP contribution is 2.22. The Morgan fingerprint density at radius 1 is 1.33 bits per heavy atom. The van der Waals surface area contributed by atoms with Crippen LogP contribution in [0.4, 0.5) is 0 Å². The lowest BCUT2D eigenvalue weighted by molar-refractivity contribution is -0.118. The summed E-state index contributed by atoms with van der Waals surface area (Å²) >= 11 is 6.30. The van der Waals surface area contributed by atoms with E-state index >= 15 is 0 Å². The Hall–Kier alpha value is -2.08. The minimum absolute atomic E-state index is 0.0137. The zero-order valence-electron chi connectivity index (χ0n) is 16.3. The Morgan fingerprint density at radius 3 is 2.74 bits per heavy atom. The highest BCUT2D eigenvalue weighted by molar-refractivity contribution is 6.31. The molecular formula is C20H29ClN4O2. The SMILES string of the molecule is CCc1ccc(-n2cnc(OC(CCCCC(N)=O)CC(C)C)n2)cc1Cl. The van der Waals surface area contributed by atoms with Crippen LogP contribution >= 0.6 is 11.6 Å². The van der Waals surface area contributed by atoms with E-state index in [1.165, 1.54) is 0 Å². The van der Waals surface area contributed by atoms with Gasteiger partial charge in [0.15, 0.2) is 0 Å². The number of nitrogens with two attached hydrogens (primary N) is 1. The van der Waals surface area contributed by atoms with Gasteiger partial charge in [0.25, 0.3) is 0 Å². The second-order valence-corrected chi connectivity index (χ2v) is 7.59. The van der Waals surface area contributed by atoms with Crippen molar-refractivity contribution >= 4 is 17.5 Å². The number of carbonyl (C=O) groups is 1. The van der Waals surface area contributed by atoms with Crippen LogP contribution in [0.5, 0.6) is 6.01 Å². The molecule has 0 radical (unpaired) electrons. The molecule has 27 heavy (non-hydrogen) atoms. The molecule has 2 rings (SSSR count).